The zero-order valence-electron chi connectivity index (χ0n) is 9.96. The van der Waals surface area contributed by atoms with Crippen molar-refractivity contribution in [2.75, 3.05) is 18.0 Å². The summed E-state index contributed by atoms with van der Waals surface area (Å²) >= 11 is 0. The molecule has 1 fully saturated rings. The highest BCUT2D eigenvalue weighted by Gasteiger charge is 2.33. The Morgan fingerprint density at radius 1 is 1.35 bits per heavy atom. The molecule has 1 aliphatic heterocycles. The molecule has 1 aromatic carbocycles. The molecule has 1 atom stereocenters. The fourth-order valence-corrected chi connectivity index (χ4v) is 3.64. The van der Waals surface area contributed by atoms with Crippen molar-refractivity contribution >= 4 is 15.7 Å². The molecule has 1 unspecified atom stereocenters. The molecule has 5 heteroatoms. The molecular formula is C12H18N2O2S. The van der Waals surface area contributed by atoms with E-state index in [1.165, 1.54) is 0 Å². The summed E-state index contributed by atoms with van der Waals surface area (Å²) in [7, 11) is -3.10. The lowest BCUT2D eigenvalue weighted by atomic mass is 10.1. The number of nitrogens with two attached hydrogens (primary N) is 1. The Balaban J connectivity index is 2.29. The Kier molecular flexibility index (Phi) is 3.40. The minimum absolute atomic E-state index is 0.0134. The van der Waals surface area contributed by atoms with Gasteiger partial charge in [0.15, 0.2) is 0 Å². The molecule has 2 N–H and O–H groups in total. The van der Waals surface area contributed by atoms with Crippen molar-refractivity contribution < 1.29 is 8.42 Å². The van der Waals surface area contributed by atoms with Gasteiger partial charge >= 0.3 is 0 Å². The van der Waals surface area contributed by atoms with Crippen LogP contribution in [-0.4, -0.2) is 25.0 Å². The van der Waals surface area contributed by atoms with Crippen molar-refractivity contribution in [3.63, 3.8) is 0 Å². The van der Waals surface area contributed by atoms with Gasteiger partial charge in [0.05, 0.1) is 5.75 Å². The highest BCUT2D eigenvalue weighted by molar-refractivity contribution is 7.89. The van der Waals surface area contributed by atoms with Crippen LogP contribution in [0.1, 0.15) is 31.4 Å². The van der Waals surface area contributed by atoms with E-state index in [0.717, 1.165) is 18.4 Å². The Bertz CT molecular complexity index is 482. The third-order valence-corrected chi connectivity index (χ3v) is 5.13. The van der Waals surface area contributed by atoms with Crippen LogP contribution in [0.5, 0.6) is 0 Å². The summed E-state index contributed by atoms with van der Waals surface area (Å²) in [5, 5.41) is 0. The molecule has 1 aliphatic rings. The standard InChI is InChI=1S/C12H18N2O2S/c1-2-17(15,16)14-9-3-4-12(14)10-5-7-11(13)8-6-10/h5-8,12H,2-4,9,13H2,1H3. The predicted octanol–water partition coefficient (Wildman–Crippen LogP) is 1.76. The van der Waals surface area contributed by atoms with E-state index >= 15 is 0 Å². The van der Waals surface area contributed by atoms with Crippen LogP contribution in [0.2, 0.25) is 0 Å². The maximum Gasteiger partial charge on any atom is 0.214 e. The van der Waals surface area contributed by atoms with Crippen molar-refractivity contribution in [1.29, 1.82) is 0 Å². The van der Waals surface area contributed by atoms with E-state index in [-0.39, 0.29) is 11.8 Å². The first-order valence-corrected chi connectivity index (χ1v) is 7.50. The van der Waals surface area contributed by atoms with Gasteiger partial charge in [0.2, 0.25) is 10.0 Å². The predicted molar refractivity (Wildman–Crippen MR) is 69.0 cm³/mol. The van der Waals surface area contributed by atoms with Gasteiger partial charge in [0.1, 0.15) is 0 Å². The van der Waals surface area contributed by atoms with E-state index in [0.29, 0.717) is 12.2 Å². The third kappa shape index (κ3) is 2.45. The third-order valence-electron chi connectivity index (χ3n) is 3.25. The molecule has 1 heterocycles. The van der Waals surface area contributed by atoms with Crippen LogP contribution in [0.4, 0.5) is 5.69 Å². The van der Waals surface area contributed by atoms with Crippen LogP contribution in [0.15, 0.2) is 24.3 Å². The molecular weight excluding hydrogens is 236 g/mol. The Labute approximate surface area is 102 Å². The molecule has 0 bridgehead atoms. The second-order valence-electron chi connectivity index (χ2n) is 4.34. The van der Waals surface area contributed by atoms with Crippen LogP contribution in [0, 0.1) is 0 Å². The van der Waals surface area contributed by atoms with E-state index in [4.69, 9.17) is 5.73 Å². The molecule has 0 aliphatic carbocycles. The minimum atomic E-state index is -3.10. The molecule has 0 aromatic heterocycles. The van der Waals surface area contributed by atoms with Crippen LogP contribution in [0.3, 0.4) is 0 Å². The first-order valence-electron chi connectivity index (χ1n) is 5.89. The number of sulfonamides is 1. The normalized spacial score (nSPS) is 21.8. The monoisotopic (exact) mass is 254 g/mol. The van der Waals surface area contributed by atoms with Gasteiger partial charge in [0, 0.05) is 18.3 Å². The number of nitrogen functional groups attached to an aromatic ring is 1. The molecule has 0 radical (unpaired) electrons. The van der Waals surface area contributed by atoms with E-state index < -0.39 is 10.0 Å². The highest BCUT2D eigenvalue weighted by Crippen LogP contribution is 2.34. The van der Waals surface area contributed by atoms with Crippen LogP contribution >= 0.6 is 0 Å². The molecule has 4 nitrogen and oxygen atoms in total. The van der Waals surface area contributed by atoms with E-state index in [1.807, 2.05) is 24.3 Å². The molecule has 0 amide bonds. The summed E-state index contributed by atoms with van der Waals surface area (Å²) in [6.07, 6.45) is 1.82. The van der Waals surface area contributed by atoms with Crippen LogP contribution < -0.4 is 5.73 Å². The molecule has 94 valence electrons. The number of benzene rings is 1. The SMILES string of the molecule is CCS(=O)(=O)N1CCCC1c1ccc(N)cc1. The molecule has 2 rings (SSSR count). The molecule has 0 spiro atoms. The first-order chi connectivity index (χ1) is 8.04. The summed E-state index contributed by atoms with van der Waals surface area (Å²) in [6.45, 7) is 2.32. The van der Waals surface area contributed by atoms with Gasteiger partial charge in [-0.05, 0) is 37.5 Å². The van der Waals surface area contributed by atoms with E-state index in [1.54, 1.807) is 11.2 Å². The van der Waals surface area contributed by atoms with Crippen molar-refractivity contribution in [1.82, 2.24) is 4.31 Å². The lowest BCUT2D eigenvalue weighted by Gasteiger charge is -2.23. The number of nitrogens with zero attached hydrogens (tertiary/aromatic N) is 1. The Morgan fingerprint density at radius 2 is 2.00 bits per heavy atom. The van der Waals surface area contributed by atoms with Gasteiger partial charge in [-0.1, -0.05) is 12.1 Å². The zero-order valence-corrected chi connectivity index (χ0v) is 10.8. The summed E-state index contributed by atoms with van der Waals surface area (Å²) < 4.78 is 25.5. The van der Waals surface area contributed by atoms with Gasteiger partial charge in [-0.2, -0.15) is 4.31 Å². The lowest BCUT2D eigenvalue weighted by Crippen LogP contribution is -2.31. The lowest BCUT2D eigenvalue weighted by molar-refractivity contribution is 0.397. The molecule has 1 aromatic rings. The summed E-state index contributed by atoms with van der Waals surface area (Å²) in [4.78, 5) is 0. The van der Waals surface area contributed by atoms with Crippen molar-refractivity contribution in [2.45, 2.75) is 25.8 Å². The number of hydrogen-bond acceptors (Lipinski definition) is 3. The Hall–Kier alpha value is -1.07. The van der Waals surface area contributed by atoms with Gasteiger partial charge < -0.3 is 5.73 Å². The first kappa shape index (κ1) is 12.4. The van der Waals surface area contributed by atoms with Crippen molar-refractivity contribution in [3.05, 3.63) is 29.8 Å². The van der Waals surface area contributed by atoms with Gasteiger partial charge in [-0.15, -0.1) is 0 Å². The second-order valence-corrected chi connectivity index (χ2v) is 6.55. The summed E-state index contributed by atoms with van der Waals surface area (Å²) in [5.74, 6) is 0.165. The topological polar surface area (TPSA) is 63.4 Å². The summed E-state index contributed by atoms with van der Waals surface area (Å²) in [6, 6.07) is 7.47. The largest absolute Gasteiger partial charge is 0.399 e. The average molecular weight is 254 g/mol. The maximum absolute atomic E-state index is 12.0. The number of rotatable bonds is 3. The van der Waals surface area contributed by atoms with Gasteiger partial charge in [0.25, 0.3) is 0 Å². The fraction of sp³-hybridized carbons (Fsp3) is 0.500. The summed E-state index contributed by atoms with van der Waals surface area (Å²) in [5.41, 5.74) is 7.38. The van der Waals surface area contributed by atoms with Crippen molar-refractivity contribution in [2.24, 2.45) is 0 Å². The van der Waals surface area contributed by atoms with Crippen LogP contribution in [0.25, 0.3) is 0 Å². The molecule has 0 saturated carbocycles. The van der Waals surface area contributed by atoms with Crippen LogP contribution in [-0.2, 0) is 10.0 Å². The van der Waals surface area contributed by atoms with Gasteiger partial charge in [-0.25, -0.2) is 8.42 Å². The van der Waals surface area contributed by atoms with Crippen molar-refractivity contribution in [3.8, 4) is 0 Å². The maximum atomic E-state index is 12.0. The second kappa shape index (κ2) is 4.66. The highest BCUT2D eigenvalue weighted by atomic mass is 32.2. The molecule has 1 saturated heterocycles. The minimum Gasteiger partial charge on any atom is -0.399 e. The fourth-order valence-electron chi connectivity index (χ4n) is 2.29. The van der Waals surface area contributed by atoms with E-state index in [9.17, 15) is 8.42 Å². The molecule has 17 heavy (non-hydrogen) atoms. The number of hydrogen-bond donors (Lipinski definition) is 1. The zero-order chi connectivity index (χ0) is 12.5. The Morgan fingerprint density at radius 3 is 2.59 bits per heavy atom. The average Bonchev–Trinajstić information content (AvgIpc) is 2.80. The smallest absolute Gasteiger partial charge is 0.214 e. The van der Waals surface area contributed by atoms with E-state index in [2.05, 4.69) is 0 Å². The number of anilines is 1. The van der Waals surface area contributed by atoms with Gasteiger partial charge in [-0.3, -0.25) is 0 Å². The quantitative estimate of drug-likeness (QED) is 0.836.